The maximum absolute atomic E-state index is 12.7. The van der Waals surface area contributed by atoms with Gasteiger partial charge in [0.2, 0.25) is 0 Å². The molecule has 0 radical (unpaired) electrons. The van der Waals surface area contributed by atoms with Crippen molar-refractivity contribution in [3.8, 4) is 0 Å². The van der Waals surface area contributed by atoms with Crippen LogP contribution < -0.4 is 5.32 Å². The minimum atomic E-state index is 0.172. The van der Waals surface area contributed by atoms with Crippen molar-refractivity contribution in [2.75, 3.05) is 19.6 Å². The van der Waals surface area contributed by atoms with Gasteiger partial charge in [0.05, 0.1) is 5.56 Å². The van der Waals surface area contributed by atoms with Crippen LogP contribution in [0, 0.1) is 12.8 Å². The molecule has 1 amide bonds. The smallest absolute Gasteiger partial charge is 0.255 e. The minimum Gasteiger partial charge on any atom is -0.334 e. The van der Waals surface area contributed by atoms with Crippen molar-refractivity contribution in [1.82, 2.24) is 10.2 Å². The first-order valence-corrected chi connectivity index (χ1v) is 7.74. The lowest BCUT2D eigenvalue weighted by molar-refractivity contribution is 0.0574. The van der Waals surface area contributed by atoms with E-state index in [4.69, 9.17) is 0 Å². The molecule has 2 fully saturated rings. The predicted molar refractivity (Wildman–Crippen MR) is 79.3 cm³/mol. The van der Waals surface area contributed by atoms with Crippen LogP contribution in [0.5, 0.6) is 0 Å². The minimum absolute atomic E-state index is 0.172. The van der Waals surface area contributed by atoms with Gasteiger partial charge in [-0.2, -0.15) is 0 Å². The number of nitrogens with zero attached hydrogens (tertiary/aromatic N) is 1. The van der Waals surface area contributed by atoms with E-state index in [1.165, 1.54) is 12.0 Å². The molecule has 0 aliphatic carbocycles. The zero-order valence-corrected chi connectivity index (χ0v) is 12.7. The number of carbonyl (C=O) groups excluding carboxylic acids is 1. The molecule has 2 saturated heterocycles. The van der Waals surface area contributed by atoms with Crippen molar-refractivity contribution in [2.24, 2.45) is 5.92 Å². The van der Waals surface area contributed by atoms with Gasteiger partial charge in [-0.15, -0.1) is 0 Å². The topological polar surface area (TPSA) is 32.3 Å². The molecule has 2 heterocycles. The fourth-order valence-electron chi connectivity index (χ4n) is 3.27. The van der Waals surface area contributed by atoms with Crippen molar-refractivity contribution in [2.45, 2.75) is 25.8 Å². The summed E-state index contributed by atoms with van der Waals surface area (Å²) < 4.78 is 0.908. The van der Waals surface area contributed by atoms with Crippen LogP contribution in [0.15, 0.2) is 22.7 Å². The Hall–Kier alpha value is -0.870. The van der Waals surface area contributed by atoms with Gasteiger partial charge >= 0.3 is 0 Å². The third-order valence-electron chi connectivity index (χ3n) is 4.29. The molecule has 1 N–H and O–H groups in total. The van der Waals surface area contributed by atoms with Crippen LogP contribution in [0.4, 0.5) is 0 Å². The van der Waals surface area contributed by atoms with Crippen molar-refractivity contribution in [1.29, 1.82) is 0 Å². The van der Waals surface area contributed by atoms with Gasteiger partial charge in [0.25, 0.3) is 5.91 Å². The first-order chi connectivity index (χ1) is 9.16. The molecule has 0 saturated carbocycles. The van der Waals surface area contributed by atoms with Crippen LogP contribution in [0.3, 0.4) is 0 Å². The highest BCUT2D eigenvalue weighted by Crippen LogP contribution is 2.29. The molecule has 3 rings (SSSR count). The number of piperidine rings is 1. The van der Waals surface area contributed by atoms with Crippen LogP contribution in [-0.4, -0.2) is 36.5 Å². The summed E-state index contributed by atoms with van der Waals surface area (Å²) in [6.07, 6.45) is 2.37. The highest BCUT2D eigenvalue weighted by molar-refractivity contribution is 9.10. The van der Waals surface area contributed by atoms with Gasteiger partial charge in [-0.3, -0.25) is 4.79 Å². The third kappa shape index (κ3) is 2.43. The molecule has 19 heavy (non-hydrogen) atoms. The molecular weight excluding hydrogens is 304 g/mol. The summed E-state index contributed by atoms with van der Waals surface area (Å²) in [5.41, 5.74) is 1.96. The van der Waals surface area contributed by atoms with Crippen molar-refractivity contribution in [3.63, 3.8) is 0 Å². The van der Waals surface area contributed by atoms with Gasteiger partial charge in [0.15, 0.2) is 0 Å². The van der Waals surface area contributed by atoms with Crippen LogP contribution >= 0.6 is 15.9 Å². The Kier molecular flexibility index (Phi) is 3.63. The van der Waals surface area contributed by atoms with E-state index in [1.807, 2.05) is 25.1 Å². The average Bonchev–Trinajstić information content (AvgIpc) is 2.86. The van der Waals surface area contributed by atoms with E-state index >= 15 is 0 Å². The fourth-order valence-corrected chi connectivity index (χ4v) is 3.93. The number of carbonyl (C=O) groups is 1. The third-order valence-corrected chi connectivity index (χ3v) is 4.95. The second-order valence-corrected chi connectivity index (χ2v) is 6.46. The summed E-state index contributed by atoms with van der Waals surface area (Å²) in [4.78, 5) is 14.8. The summed E-state index contributed by atoms with van der Waals surface area (Å²) in [5.74, 6) is 0.812. The number of likely N-dealkylation sites (tertiary alicyclic amines) is 1. The molecule has 0 spiro atoms. The largest absolute Gasteiger partial charge is 0.334 e. The van der Waals surface area contributed by atoms with Gasteiger partial charge in [0.1, 0.15) is 0 Å². The van der Waals surface area contributed by atoms with E-state index in [9.17, 15) is 4.79 Å². The quantitative estimate of drug-likeness (QED) is 0.862. The Bertz CT molecular complexity index is 503. The van der Waals surface area contributed by atoms with E-state index < -0.39 is 0 Å². The fraction of sp³-hybridized carbons (Fsp3) is 0.533. The molecule has 2 unspecified atom stereocenters. The molecule has 0 aromatic heterocycles. The summed E-state index contributed by atoms with van der Waals surface area (Å²) in [7, 11) is 0. The van der Waals surface area contributed by atoms with Crippen LogP contribution in [0.2, 0.25) is 0 Å². The van der Waals surface area contributed by atoms with Crippen LogP contribution in [0.1, 0.15) is 28.8 Å². The lowest BCUT2D eigenvalue weighted by atomic mass is 9.91. The van der Waals surface area contributed by atoms with E-state index in [2.05, 4.69) is 26.1 Å². The van der Waals surface area contributed by atoms with E-state index in [0.717, 1.165) is 36.1 Å². The first-order valence-electron chi connectivity index (χ1n) is 6.94. The Morgan fingerprint density at radius 2 is 2.26 bits per heavy atom. The highest BCUT2D eigenvalue weighted by Gasteiger charge is 2.37. The van der Waals surface area contributed by atoms with Crippen LogP contribution in [-0.2, 0) is 0 Å². The maximum atomic E-state index is 12.7. The number of nitrogens with one attached hydrogen (secondary N) is 1. The van der Waals surface area contributed by atoms with E-state index in [-0.39, 0.29) is 5.91 Å². The standard InChI is InChI=1S/C15H19BrN2O/c1-10-4-5-12(13(16)7-10)15(19)18-6-2-3-11-8-17-9-14(11)18/h4-5,7,11,14,17H,2-3,6,8-9H2,1H3. The van der Waals surface area contributed by atoms with Gasteiger partial charge < -0.3 is 10.2 Å². The number of benzene rings is 1. The number of aryl methyl sites for hydroxylation is 1. The molecule has 2 aliphatic rings. The first kappa shape index (κ1) is 13.1. The number of rotatable bonds is 1. The zero-order chi connectivity index (χ0) is 13.4. The van der Waals surface area contributed by atoms with Gasteiger partial charge in [-0.25, -0.2) is 0 Å². The predicted octanol–water partition coefficient (Wildman–Crippen LogP) is 2.58. The molecule has 4 heteroatoms. The second kappa shape index (κ2) is 5.25. The van der Waals surface area contributed by atoms with Crippen LogP contribution in [0.25, 0.3) is 0 Å². The van der Waals surface area contributed by atoms with Gasteiger partial charge in [-0.1, -0.05) is 6.07 Å². The number of hydrogen-bond donors (Lipinski definition) is 1. The normalized spacial score (nSPS) is 26.3. The molecular formula is C15H19BrN2O. The summed E-state index contributed by atoms with van der Waals surface area (Å²) in [5, 5.41) is 3.42. The molecule has 3 nitrogen and oxygen atoms in total. The summed E-state index contributed by atoms with van der Waals surface area (Å²) in [6, 6.07) is 6.34. The average molecular weight is 323 g/mol. The Morgan fingerprint density at radius 1 is 1.42 bits per heavy atom. The second-order valence-electron chi connectivity index (χ2n) is 5.61. The van der Waals surface area contributed by atoms with Gasteiger partial charge in [0, 0.05) is 30.1 Å². The number of hydrogen-bond acceptors (Lipinski definition) is 2. The molecule has 0 bridgehead atoms. The van der Waals surface area contributed by atoms with Crippen molar-refractivity contribution >= 4 is 21.8 Å². The monoisotopic (exact) mass is 322 g/mol. The molecule has 2 aliphatic heterocycles. The summed E-state index contributed by atoms with van der Waals surface area (Å²) >= 11 is 3.52. The lowest BCUT2D eigenvalue weighted by Gasteiger charge is -2.37. The number of amides is 1. The van der Waals surface area contributed by atoms with Gasteiger partial charge in [-0.05, 0) is 59.3 Å². The van der Waals surface area contributed by atoms with E-state index in [0.29, 0.717) is 12.0 Å². The zero-order valence-electron chi connectivity index (χ0n) is 11.2. The Morgan fingerprint density at radius 3 is 3.05 bits per heavy atom. The van der Waals surface area contributed by atoms with Crippen molar-refractivity contribution in [3.05, 3.63) is 33.8 Å². The molecule has 1 aromatic rings. The molecule has 1 aromatic carbocycles. The van der Waals surface area contributed by atoms with Crippen molar-refractivity contribution < 1.29 is 4.79 Å². The lowest BCUT2D eigenvalue weighted by Crippen LogP contribution is -2.48. The molecule has 2 atom stereocenters. The highest BCUT2D eigenvalue weighted by atomic mass is 79.9. The maximum Gasteiger partial charge on any atom is 0.255 e. The Labute approximate surface area is 122 Å². The molecule has 102 valence electrons. The number of fused-ring (bicyclic) bond motifs is 1. The summed E-state index contributed by atoms with van der Waals surface area (Å²) in [6.45, 7) is 4.93. The Balaban J connectivity index is 1.86. The SMILES string of the molecule is Cc1ccc(C(=O)N2CCCC3CNCC32)c(Br)c1. The van der Waals surface area contributed by atoms with E-state index in [1.54, 1.807) is 0 Å². The number of halogens is 1.